The second kappa shape index (κ2) is 8.97. The summed E-state index contributed by atoms with van der Waals surface area (Å²) in [7, 11) is 0. The summed E-state index contributed by atoms with van der Waals surface area (Å²) in [5.41, 5.74) is 3.39. The molecule has 0 radical (unpaired) electrons. The van der Waals surface area contributed by atoms with Crippen LogP contribution >= 0.6 is 11.3 Å². The van der Waals surface area contributed by atoms with E-state index in [4.69, 9.17) is 0 Å². The number of hydrogen-bond acceptors (Lipinski definition) is 4. The van der Waals surface area contributed by atoms with Gasteiger partial charge in [-0.1, -0.05) is 32.0 Å². The number of fused-ring (bicyclic) bond motifs is 1. The summed E-state index contributed by atoms with van der Waals surface area (Å²) < 4.78 is 1.18. The van der Waals surface area contributed by atoms with Crippen molar-refractivity contribution in [2.75, 3.05) is 10.6 Å². The zero-order chi connectivity index (χ0) is 20.1. The van der Waals surface area contributed by atoms with Gasteiger partial charge in [0.15, 0.2) is 0 Å². The SMILES string of the molecule is Cc1ccc(NC(=O)C(C)C)cc1NC(=O)CCCc1nc2ccccc2s1. The first-order valence-electron chi connectivity index (χ1n) is 9.48. The summed E-state index contributed by atoms with van der Waals surface area (Å²) in [5, 5.41) is 6.88. The Balaban J connectivity index is 1.54. The van der Waals surface area contributed by atoms with Crippen LogP contribution in [0.25, 0.3) is 10.2 Å². The predicted octanol–water partition coefficient (Wildman–Crippen LogP) is 5.16. The van der Waals surface area contributed by atoms with Gasteiger partial charge in [-0.15, -0.1) is 11.3 Å². The molecule has 6 heteroatoms. The van der Waals surface area contributed by atoms with Gasteiger partial charge in [-0.25, -0.2) is 4.98 Å². The molecule has 0 fully saturated rings. The minimum Gasteiger partial charge on any atom is -0.326 e. The number of benzene rings is 2. The average molecular weight is 396 g/mol. The first-order chi connectivity index (χ1) is 13.4. The molecule has 0 bridgehead atoms. The molecule has 3 aromatic rings. The van der Waals surface area contributed by atoms with Crippen molar-refractivity contribution >= 4 is 44.7 Å². The maximum atomic E-state index is 12.4. The van der Waals surface area contributed by atoms with Crippen molar-refractivity contribution in [2.24, 2.45) is 5.92 Å². The van der Waals surface area contributed by atoms with E-state index < -0.39 is 0 Å². The molecular weight excluding hydrogens is 370 g/mol. The van der Waals surface area contributed by atoms with E-state index in [1.807, 2.05) is 51.1 Å². The highest BCUT2D eigenvalue weighted by molar-refractivity contribution is 7.18. The van der Waals surface area contributed by atoms with Crippen LogP contribution in [0.15, 0.2) is 42.5 Å². The number of amides is 2. The molecule has 3 rings (SSSR count). The van der Waals surface area contributed by atoms with Crippen LogP contribution in [0.4, 0.5) is 11.4 Å². The lowest BCUT2D eigenvalue weighted by Gasteiger charge is -2.12. The van der Waals surface area contributed by atoms with Crippen LogP contribution in [0.5, 0.6) is 0 Å². The summed E-state index contributed by atoms with van der Waals surface area (Å²) in [5.74, 6) is -0.171. The van der Waals surface area contributed by atoms with Crippen LogP contribution in [0.1, 0.15) is 37.3 Å². The molecular formula is C22H25N3O2S. The van der Waals surface area contributed by atoms with Crippen LogP contribution in [0, 0.1) is 12.8 Å². The van der Waals surface area contributed by atoms with Crippen molar-refractivity contribution in [3.8, 4) is 0 Å². The average Bonchev–Trinajstić information content (AvgIpc) is 3.07. The number of nitrogens with zero attached hydrogens (tertiary/aromatic N) is 1. The number of rotatable bonds is 7. The number of hydrogen-bond donors (Lipinski definition) is 2. The minimum absolute atomic E-state index is 0.0310. The van der Waals surface area contributed by atoms with Gasteiger partial charge in [0, 0.05) is 23.7 Å². The molecule has 1 heterocycles. The summed E-state index contributed by atoms with van der Waals surface area (Å²) >= 11 is 1.68. The second-order valence-electron chi connectivity index (χ2n) is 7.15. The number of nitrogens with one attached hydrogen (secondary N) is 2. The summed E-state index contributed by atoms with van der Waals surface area (Å²) in [6, 6.07) is 13.6. The molecule has 0 aliphatic heterocycles. The molecule has 0 atom stereocenters. The van der Waals surface area contributed by atoms with E-state index in [0.29, 0.717) is 12.1 Å². The fourth-order valence-corrected chi connectivity index (χ4v) is 3.77. The van der Waals surface area contributed by atoms with E-state index in [1.165, 1.54) is 4.70 Å². The Bertz CT molecular complexity index is 961. The molecule has 0 saturated carbocycles. The standard InChI is InChI=1S/C22H25N3O2S/c1-14(2)22(27)23-16-12-11-15(3)18(13-16)24-20(26)9-6-10-21-25-17-7-4-5-8-19(17)28-21/h4-5,7-8,11-14H,6,9-10H2,1-3H3,(H,23,27)(H,24,26). The van der Waals surface area contributed by atoms with Crippen molar-refractivity contribution in [3.05, 3.63) is 53.0 Å². The molecule has 2 aromatic carbocycles. The fourth-order valence-electron chi connectivity index (χ4n) is 2.76. The summed E-state index contributed by atoms with van der Waals surface area (Å²) in [6.07, 6.45) is 1.96. The maximum absolute atomic E-state index is 12.4. The van der Waals surface area contributed by atoms with Crippen LogP contribution in [0.2, 0.25) is 0 Å². The van der Waals surface area contributed by atoms with Crippen LogP contribution in [-0.2, 0) is 16.0 Å². The van der Waals surface area contributed by atoms with Gasteiger partial charge in [-0.05, 0) is 49.6 Å². The number of thiazole rings is 1. The molecule has 0 unspecified atom stereocenters. The maximum Gasteiger partial charge on any atom is 0.226 e. The van der Waals surface area contributed by atoms with Crippen molar-refractivity contribution in [1.29, 1.82) is 0 Å². The molecule has 0 aliphatic carbocycles. The van der Waals surface area contributed by atoms with E-state index in [1.54, 1.807) is 17.4 Å². The lowest BCUT2D eigenvalue weighted by molar-refractivity contribution is -0.119. The Morgan fingerprint density at radius 1 is 1.11 bits per heavy atom. The third kappa shape index (κ3) is 5.16. The largest absolute Gasteiger partial charge is 0.326 e. The van der Waals surface area contributed by atoms with E-state index in [2.05, 4.69) is 21.7 Å². The van der Waals surface area contributed by atoms with Crippen molar-refractivity contribution in [3.63, 3.8) is 0 Å². The molecule has 5 nitrogen and oxygen atoms in total. The second-order valence-corrected chi connectivity index (χ2v) is 8.27. The number of para-hydroxylation sites is 1. The molecule has 0 saturated heterocycles. The number of anilines is 2. The predicted molar refractivity (Wildman–Crippen MR) is 116 cm³/mol. The Kier molecular flexibility index (Phi) is 6.41. The summed E-state index contributed by atoms with van der Waals surface area (Å²) in [6.45, 7) is 5.63. The van der Waals surface area contributed by atoms with Crippen LogP contribution in [0.3, 0.4) is 0 Å². The highest BCUT2D eigenvalue weighted by Gasteiger charge is 2.10. The van der Waals surface area contributed by atoms with Crippen LogP contribution in [-0.4, -0.2) is 16.8 Å². The minimum atomic E-state index is -0.0955. The zero-order valence-electron chi connectivity index (χ0n) is 16.4. The third-order valence-corrected chi connectivity index (χ3v) is 5.53. The Labute approximate surface area is 169 Å². The van der Waals surface area contributed by atoms with E-state index in [0.717, 1.165) is 34.6 Å². The van der Waals surface area contributed by atoms with Gasteiger partial charge in [0.25, 0.3) is 0 Å². The quantitative estimate of drug-likeness (QED) is 0.580. The lowest BCUT2D eigenvalue weighted by Crippen LogP contribution is -2.18. The Hall–Kier alpha value is -2.73. The molecule has 2 N–H and O–H groups in total. The first kappa shape index (κ1) is 20.0. The van der Waals surface area contributed by atoms with Gasteiger partial charge in [-0.3, -0.25) is 9.59 Å². The molecule has 0 aliphatic rings. The molecule has 1 aromatic heterocycles. The highest BCUT2D eigenvalue weighted by Crippen LogP contribution is 2.24. The van der Waals surface area contributed by atoms with Gasteiger partial charge in [0.2, 0.25) is 11.8 Å². The Morgan fingerprint density at radius 2 is 1.89 bits per heavy atom. The fraction of sp³-hybridized carbons (Fsp3) is 0.318. The van der Waals surface area contributed by atoms with E-state index in [9.17, 15) is 9.59 Å². The number of carbonyl (C=O) groups excluding carboxylic acids is 2. The summed E-state index contributed by atoms with van der Waals surface area (Å²) in [4.78, 5) is 28.8. The molecule has 28 heavy (non-hydrogen) atoms. The van der Waals surface area contributed by atoms with Crippen molar-refractivity contribution in [2.45, 2.75) is 40.0 Å². The third-order valence-electron chi connectivity index (χ3n) is 4.44. The van der Waals surface area contributed by atoms with Gasteiger partial charge in [-0.2, -0.15) is 0 Å². The number of aromatic nitrogens is 1. The first-order valence-corrected chi connectivity index (χ1v) is 10.3. The van der Waals surface area contributed by atoms with E-state index >= 15 is 0 Å². The van der Waals surface area contributed by atoms with Gasteiger partial charge in [0.05, 0.1) is 15.2 Å². The monoisotopic (exact) mass is 395 g/mol. The number of carbonyl (C=O) groups is 2. The zero-order valence-corrected chi connectivity index (χ0v) is 17.2. The van der Waals surface area contributed by atoms with E-state index in [-0.39, 0.29) is 17.7 Å². The van der Waals surface area contributed by atoms with Crippen molar-refractivity contribution < 1.29 is 9.59 Å². The normalized spacial score (nSPS) is 11.0. The smallest absolute Gasteiger partial charge is 0.226 e. The van der Waals surface area contributed by atoms with Crippen molar-refractivity contribution in [1.82, 2.24) is 4.98 Å². The van der Waals surface area contributed by atoms with Gasteiger partial charge < -0.3 is 10.6 Å². The molecule has 0 spiro atoms. The van der Waals surface area contributed by atoms with Gasteiger partial charge >= 0.3 is 0 Å². The topological polar surface area (TPSA) is 71.1 Å². The number of aryl methyl sites for hydroxylation is 2. The van der Waals surface area contributed by atoms with Crippen LogP contribution < -0.4 is 10.6 Å². The van der Waals surface area contributed by atoms with Gasteiger partial charge in [0.1, 0.15) is 0 Å². The highest BCUT2D eigenvalue weighted by atomic mass is 32.1. The molecule has 2 amide bonds. The Morgan fingerprint density at radius 3 is 2.64 bits per heavy atom. The lowest BCUT2D eigenvalue weighted by atomic mass is 10.1. The molecule has 146 valence electrons.